The van der Waals surface area contributed by atoms with Crippen LogP contribution in [0.2, 0.25) is 0 Å². The highest BCUT2D eigenvalue weighted by Crippen LogP contribution is 2.21. The minimum atomic E-state index is -1.93. The fraction of sp³-hybridized carbons (Fsp3) is 0.750. The molecule has 89 heavy (non-hydrogen) atoms. The molecule has 0 aliphatic rings. The lowest BCUT2D eigenvalue weighted by molar-refractivity contribution is -0.142. The van der Waals surface area contributed by atoms with Crippen molar-refractivity contribution in [2.24, 2.45) is 62.1 Å². The Kier molecular flexibility index (Phi) is 43.6. The summed E-state index contributed by atoms with van der Waals surface area (Å²) in [5.41, 5.74) is 32.4. The number of aliphatic hydroxyl groups is 2. The molecule has 0 heterocycles. The molecule has 0 aliphatic heterocycles. The van der Waals surface area contributed by atoms with Crippen molar-refractivity contribution in [3.8, 4) is 0 Å². The summed E-state index contributed by atoms with van der Waals surface area (Å²) in [5, 5.41) is 43.5. The lowest BCUT2D eigenvalue weighted by Crippen LogP contribution is -2.50. The Balaban J connectivity index is 6.17. The van der Waals surface area contributed by atoms with Crippen molar-refractivity contribution in [2.75, 3.05) is 19.7 Å². The van der Waals surface area contributed by atoms with Gasteiger partial charge in [-0.25, -0.2) is 0 Å². The van der Waals surface area contributed by atoms with Gasteiger partial charge >= 0.3 is 5.97 Å². The number of carboxylic acid groups (broad SMARTS) is 1. The van der Waals surface area contributed by atoms with E-state index in [9.17, 15) is 77.6 Å². The van der Waals surface area contributed by atoms with Crippen LogP contribution in [-0.4, -0.2) is 159 Å². The zero-order chi connectivity index (χ0) is 67.4. The smallest absolute Gasteiger partial charge is 0.305 e. The highest BCUT2D eigenvalue weighted by Gasteiger charge is 2.37. The van der Waals surface area contributed by atoms with Crippen LogP contribution in [0.25, 0.3) is 0 Å². The number of amides is 7. The van der Waals surface area contributed by atoms with E-state index in [1.54, 1.807) is 0 Å². The number of carbonyl (C=O) groups is 13. The molecule has 29 heteroatoms. The van der Waals surface area contributed by atoms with Crippen LogP contribution < -0.4 is 61.0 Å². The number of nitrogens with two attached hydrogens (primary N) is 6. The second-order valence-electron chi connectivity index (χ2n) is 22.8. The average Bonchev–Trinajstić information content (AvgIpc) is 3.24. The van der Waals surface area contributed by atoms with Crippen LogP contribution >= 0.6 is 0 Å². The second kappa shape index (κ2) is 47.6. The predicted molar refractivity (Wildman–Crippen MR) is 332 cm³/mol. The molecule has 0 fully saturated rings. The maximum absolute atomic E-state index is 14.1. The quantitative estimate of drug-likeness (QED) is 0.0223. The number of primary amides is 2. The minimum Gasteiger partial charge on any atom is -0.481 e. The van der Waals surface area contributed by atoms with E-state index >= 15 is 0 Å². The summed E-state index contributed by atoms with van der Waals surface area (Å²) in [6.45, 7) is 5.30. The maximum atomic E-state index is 14.1. The van der Waals surface area contributed by atoms with Crippen LogP contribution in [-0.2, 0) is 62.3 Å². The molecule has 0 rings (SSSR count). The normalized spacial score (nSPS) is 14.1. The number of carbonyl (C=O) groups excluding carboxylic acids is 12. The van der Waals surface area contributed by atoms with Crippen LogP contribution in [0.1, 0.15) is 214 Å². The molecule has 0 saturated heterocycles. The molecule has 0 unspecified atom stereocenters. The van der Waals surface area contributed by atoms with Gasteiger partial charge in [0.15, 0.2) is 40.8 Å². The average molecular weight is 1260 g/mol. The number of rotatable bonds is 55. The van der Waals surface area contributed by atoms with Crippen molar-refractivity contribution in [3.05, 3.63) is 0 Å². The number of hydrogen-bond acceptors (Lipinski definition) is 17. The third-order valence-corrected chi connectivity index (χ3v) is 15.0. The van der Waals surface area contributed by atoms with Crippen LogP contribution in [0, 0.1) is 17.8 Å². The van der Waals surface area contributed by atoms with Crippen molar-refractivity contribution in [1.29, 1.82) is 0 Å². The molecule has 29 nitrogen and oxygen atoms in total. The maximum Gasteiger partial charge on any atom is 0.305 e. The van der Waals surface area contributed by atoms with Gasteiger partial charge in [-0.15, -0.1) is 0 Å². The van der Waals surface area contributed by atoms with E-state index in [0.717, 1.165) is 32.6 Å². The standard InChI is InChI=1S/C60H105N13O16/c1-5-7-8-9-10-11-12-13-14-15-16-17-18-23-53(83)69-37(3)47(77)26-29-54(84)70-42(21-19-30-67-59(63)64)49(79)33-40(36-74)57(88)73-45(35-55(85)86)50(80)34-41(38(4)75)58(89)72-43(22-20-31-68-60(65)66)48(78)32-39(24-27-51(61)81)56(87)71-44(46(76)6-2)25-28-52(62)82/h37-45,74-75H,5-36H2,1-4H3,(H2,61,81)(H2,62,82)(H,69,83)(H,70,84)(H,71,87)(H,72,89)(H,73,88)(H,85,86)(H4,63,64,67)(H4,65,66,68)/t37-,38+,39+,40-,41-,42-,43-,44-,45-/m0/s1. The van der Waals surface area contributed by atoms with Crippen molar-refractivity contribution in [3.63, 3.8) is 0 Å². The Bertz CT molecular complexity index is 2340. The number of aliphatic imine (C=N–C) groups is 2. The molecule has 0 saturated carbocycles. The van der Waals surface area contributed by atoms with Crippen molar-refractivity contribution >= 4 is 88.2 Å². The largest absolute Gasteiger partial charge is 0.481 e. The van der Waals surface area contributed by atoms with Gasteiger partial charge in [0, 0.05) is 76.8 Å². The summed E-state index contributed by atoms with van der Waals surface area (Å²) in [5.74, 6) is -16.2. The summed E-state index contributed by atoms with van der Waals surface area (Å²) in [7, 11) is 0. The number of aliphatic carboxylic acids is 1. The Morgan fingerprint density at radius 2 is 0.843 bits per heavy atom. The molecule has 20 N–H and O–H groups in total. The Morgan fingerprint density at radius 1 is 0.416 bits per heavy atom. The number of aliphatic hydroxyl groups excluding tert-OH is 2. The van der Waals surface area contributed by atoms with Gasteiger partial charge in [-0.1, -0.05) is 90.9 Å². The first-order valence-electron chi connectivity index (χ1n) is 31.4. The Morgan fingerprint density at radius 3 is 1.31 bits per heavy atom. The number of Topliss-reactive ketones (excluding diaryl/α,β-unsaturated/α-hetero) is 5. The van der Waals surface area contributed by atoms with E-state index in [1.807, 2.05) is 0 Å². The molecule has 0 aliphatic carbocycles. The zero-order valence-corrected chi connectivity index (χ0v) is 52.8. The van der Waals surface area contributed by atoms with Gasteiger partial charge < -0.3 is 76.3 Å². The first-order chi connectivity index (χ1) is 42.1. The fourth-order valence-corrected chi connectivity index (χ4v) is 9.67. The SMILES string of the molecule is CCCCCCCCCCCCCCCC(=O)N[C@@H](C)C(=O)CCC(=O)N[C@@H](CCCN=C(N)N)C(=O)C[C@@H](CO)C(=O)N[C@@H](CC(=O)O)C(=O)C[C@H](C(=O)N[C@@H](CCCN=C(N)N)C(=O)C[C@@H](CCC(N)=O)C(=O)N[C@@H](CCC(N)=O)C(=O)CC)[C@@H](C)O. The van der Waals surface area contributed by atoms with Crippen molar-refractivity contribution in [2.45, 2.75) is 250 Å². The first-order valence-corrected chi connectivity index (χ1v) is 31.4. The van der Waals surface area contributed by atoms with Crippen molar-refractivity contribution < 1.29 is 77.6 Å². The van der Waals surface area contributed by atoms with Gasteiger partial charge in [0.25, 0.3) is 0 Å². The number of nitrogens with zero attached hydrogens (tertiary/aromatic N) is 2. The summed E-state index contributed by atoms with van der Waals surface area (Å²) in [6, 6.07) is -6.81. The first kappa shape index (κ1) is 81.6. The topological polar surface area (TPSA) is 524 Å². The van der Waals surface area contributed by atoms with Crippen LogP contribution in [0.15, 0.2) is 9.98 Å². The molecule has 0 radical (unpaired) electrons. The third kappa shape index (κ3) is 39.3. The molecule has 0 aromatic heterocycles. The Hall–Kier alpha value is -7.43. The van der Waals surface area contributed by atoms with E-state index in [4.69, 9.17) is 34.4 Å². The molecule has 9 atom stereocenters. The van der Waals surface area contributed by atoms with E-state index in [0.29, 0.717) is 6.42 Å². The molecular formula is C60H105N13O16. The van der Waals surface area contributed by atoms with Gasteiger partial charge in [-0.2, -0.15) is 0 Å². The molecular weight excluding hydrogens is 1160 g/mol. The van der Waals surface area contributed by atoms with Crippen LogP contribution in [0.3, 0.4) is 0 Å². The number of ketones is 5. The van der Waals surface area contributed by atoms with E-state index in [2.05, 4.69) is 43.5 Å². The minimum absolute atomic E-state index is 0.0186. The van der Waals surface area contributed by atoms with Crippen LogP contribution in [0.4, 0.5) is 0 Å². The number of hydrogen-bond donors (Lipinski definition) is 14. The number of unbranched alkanes of at least 4 members (excludes halogenated alkanes) is 12. The van der Waals surface area contributed by atoms with Gasteiger partial charge in [0.2, 0.25) is 41.4 Å². The highest BCUT2D eigenvalue weighted by atomic mass is 16.4. The van der Waals surface area contributed by atoms with Gasteiger partial charge in [0.05, 0.1) is 61.2 Å². The molecule has 0 spiro atoms. The molecule has 0 bridgehead atoms. The van der Waals surface area contributed by atoms with E-state index in [-0.39, 0.29) is 108 Å². The molecule has 7 amide bonds. The summed E-state index contributed by atoms with van der Waals surface area (Å²) in [6.07, 6.45) is 8.17. The Labute approximate surface area is 522 Å². The highest BCUT2D eigenvalue weighted by molar-refractivity contribution is 5.99. The fourth-order valence-electron chi connectivity index (χ4n) is 9.67. The van der Waals surface area contributed by atoms with Gasteiger partial charge in [-0.3, -0.25) is 72.3 Å². The molecule has 0 aromatic carbocycles. The summed E-state index contributed by atoms with van der Waals surface area (Å²) >= 11 is 0. The third-order valence-electron chi connectivity index (χ3n) is 15.0. The number of nitrogens with one attached hydrogen (secondary N) is 5. The number of carboxylic acids is 1. The van der Waals surface area contributed by atoms with Crippen molar-refractivity contribution in [1.82, 2.24) is 26.6 Å². The lowest BCUT2D eigenvalue weighted by Gasteiger charge is -2.27. The van der Waals surface area contributed by atoms with Gasteiger partial charge in [0.1, 0.15) is 0 Å². The second-order valence-corrected chi connectivity index (χ2v) is 22.8. The van der Waals surface area contributed by atoms with E-state index in [1.165, 1.54) is 65.2 Å². The van der Waals surface area contributed by atoms with Crippen LogP contribution in [0.5, 0.6) is 0 Å². The van der Waals surface area contributed by atoms with Gasteiger partial charge in [-0.05, 0) is 58.8 Å². The summed E-state index contributed by atoms with van der Waals surface area (Å²) in [4.78, 5) is 178. The molecule has 506 valence electrons. The predicted octanol–water partition coefficient (Wildman–Crippen LogP) is 0.452. The number of guanidine groups is 2. The monoisotopic (exact) mass is 1260 g/mol. The van der Waals surface area contributed by atoms with E-state index < -0.39 is 157 Å². The molecule has 0 aromatic rings. The summed E-state index contributed by atoms with van der Waals surface area (Å²) < 4.78 is 0. The zero-order valence-electron chi connectivity index (χ0n) is 52.8. The lowest BCUT2D eigenvalue weighted by atomic mass is 9.89.